The zero-order valence-electron chi connectivity index (χ0n) is 12.5. The number of anilines is 1. The van der Waals surface area contributed by atoms with Gasteiger partial charge >= 0.3 is 0 Å². The van der Waals surface area contributed by atoms with Gasteiger partial charge in [-0.1, -0.05) is 11.6 Å². The van der Waals surface area contributed by atoms with Crippen LogP contribution in [0.3, 0.4) is 0 Å². The van der Waals surface area contributed by atoms with Crippen LogP contribution in [0.5, 0.6) is 0 Å². The molecule has 9 heteroatoms. The van der Waals surface area contributed by atoms with Gasteiger partial charge in [0.05, 0.1) is 16.3 Å². The number of imidazole rings is 1. The molecule has 1 heterocycles. The Labute approximate surface area is 145 Å². The number of nitro benzene ring substituents is 1. The molecular weight excluding hydrogens is 351 g/mol. The number of rotatable bonds is 4. The number of nitrogens with one attached hydrogen (secondary N) is 1. The monoisotopic (exact) mass is 360 g/mol. The Hall–Kier alpha value is -3.26. The number of hydrogen-bond donors (Lipinski definition) is 1. The van der Waals surface area contributed by atoms with Crippen LogP contribution >= 0.6 is 11.6 Å². The molecule has 0 fully saturated rings. The molecule has 3 rings (SSSR count). The first-order valence-electron chi connectivity index (χ1n) is 6.99. The highest BCUT2D eigenvalue weighted by atomic mass is 35.5. The van der Waals surface area contributed by atoms with Gasteiger partial charge in [-0.2, -0.15) is 0 Å². The normalized spacial score (nSPS) is 10.5. The molecule has 1 aromatic heterocycles. The molecule has 0 saturated heterocycles. The van der Waals surface area contributed by atoms with E-state index in [1.165, 1.54) is 41.4 Å². The molecule has 2 aromatic carbocycles. The van der Waals surface area contributed by atoms with Crippen molar-refractivity contribution in [1.29, 1.82) is 0 Å². The van der Waals surface area contributed by atoms with Crippen LogP contribution in [0.1, 0.15) is 10.4 Å². The van der Waals surface area contributed by atoms with E-state index in [1.54, 1.807) is 6.20 Å². The van der Waals surface area contributed by atoms with Gasteiger partial charge in [0.2, 0.25) is 0 Å². The lowest BCUT2D eigenvalue weighted by molar-refractivity contribution is -0.384. The molecule has 126 valence electrons. The van der Waals surface area contributed by atoms with E-state index in [0.717, 1.165) is 12.1 Å². The Morgan fingerprint density at radius 3 is 2.72 bits per heavy atom. The van der Waals surface area contributed by atoms with Crippen molar-refractivity contribution >= 4 is 28.9 Å². The fourth-order valence-corrected chi connectivity index (χ4v) is 2.39. The van der Waals surface area contributed by atoms with Crippen LogP contribution in [0.15, 0.2) is 55.1 Å². The number of amides is 1. The third-order valence-electron chi connectivity index (χ3n) is 3.39. The highest BCUT2D eigenvalue weighted by molar-refractivity contribution is 6.31. The number of halogens is 2. The Bertz CT molecular complexity index is 960. The minimum atomic E-state index is -0.611. The number of aromatic nitrogens is 2. The predicted octanol–water partition coefficient (Wildman–Crippen LogP) is 3.83. The fourth-order valence-electron chi connectivity index (χ4n) is 2.21. The summed E-state index contributed by atoms with van der Waals surface area (Å²) in [4.78, 5) is 26.9. The van der Waals surface area contributed by atoms with E-state index in [2.05, 4.69) is 10.3 Å². The van der Waals surface area contributed by atoms with Crippen LogP contribution in [0, 0.1) is 15.9 Å². The Morgan fingerprint density at radius 2 is 2.08 bits per heavy atom. The van der Waals surface area contributed by atoms with Gasteiger partial charge < -0.3 is 9.88 Å². The van der Waals surface area contributed by atoms with E-state index in [1.807, 2.05) is 0 Å². The van der Waals surface area contributed by atoms with E-state index in [9.17, 15) is 19.3 Å². The number of hydrogen-bond acceptors (Lipinski definition) is 4. The second kappa shape index (κ2) is 6.70. The van der Waals surface area contributed by atoms with Gasteiger partial charge in [-0.15, -0.1) is 0 Å². The van der Waals surface area contributed by atoms with Gasteiger partial charge in [-0.25, -0.2) is 9.37 Å². The lowest BCUT2D eigenvalue weighted by Gasteiger charge is -2.08. The average molecular weight is 361 g/mol. The first-order chi connectivity index (χ1) is 12.0. The van der Waals surface area contributed by atoms with Crippen LogP contribution in [-0.2, 0) is 0 Å². The largest absolute Gasteiger partial charge is 0.322 e. The molecular formula is C16H10ClFN4O3. The molecule has 0 aliphatic heterocycles. The van der Waals surface area contributed by atoms with Crippen molar-refractivity contribution < 1.29 is 14.1 Å². The van der Waals surface area contributed by atoms with E-state index >= 15 is 0 Å². The maximum atomic E-state index is 13.2. The molecule has 1 N–H and O–H groups in total. The molecule has 1 amide bonds. The highest BCUT2D eigenvalue weighted by Gasteiger charge is 2.19. The Morgan fingerprint density at radius 1 is 1.28 bits per heavy atom. The van der Waals surface area contributed by atoms with Gasteiger partial charge in [-0.3, -0.25) is 14.9 Å². The standard InChI is InChI=1S/C16H10ClFN4O3/c17-12-8-11(2-3-13(12)18)20-16(23)10-1-4-14(15(7-10)22(24)25)21-6-5-19-9-21/h1-9H,(H,20,23). The van der Waals surface area contributed by atoms with E-state index < -0.39 is 16.6 Å². The summed E-state index contributed by atoms with van der Waals surface area (Å²) < 4.78 is 14.6. The van der Waals surface area contributed by atoms with Crippen LogP contribution in [-0.4, -0.2) is 20.4 Å². The number of carbonyl (C=O) groups excluding carboxylic acids is 1. The van der Waals surface area contributed by atoms with Crippen molar-refractivity contribution in [3.05, 3.63) is 81.6 Å². The van der Waals surface area contributed by atoms with Crippen molar-refractivity contribution in [2.75, 3.05) is 5.32 Å². The van der Waals surface area contributed by atoms with E-state index in [0.29, 0.717) is 0 Å². The second-order valence-corrected chi connectivity index (χ2v) is 5.42. The van der Waals surface area contributed by atoms with Gasteiger partial charge in [0.1, 0.15) is 11.5 Å². The number of nitro groups is 1. The van der Waals surface area contributed by atoms with E-state index in [4.69, 9.17) is 11.6 Å². The summed E-state index contributed by atoms with van der Waals surface area (Å²) >= 11 is 5.66. The van der Waals surface area contributed by atoms with Crippen molar-refractivity contribution in [3.63, 3.8) is 0 Å². The third kappa shape index (κ3) is 3.48. The first kappa shape index (κ1) is 16.6. The molecule has 0 saturated carbocycles. The van der Waals surface area contributed by atoms with Gasteiger partial charge in [0, 0.05) is 29.7 Å². The quantitative estimate of drug-likeness (QED) is 0.565. The highest BCUT2D eigenvalue weighted by Crippen LogP contribution is 2.25. The third-order valence-corrected chi connectivity index (χ3v) is 3.68. The first-order valence-corrected chi connectivity index (χ1v) is 7.36. The maximum absolute atomic E-state index is 13.2. The summed E-state index contributed by atoms with van der Waals surface area (Å²) in [5.41, 5.74) is 0.389. The van der Waals surface area contributed by atoms with Crippen molar-refractivity contribution in [3.8, 4) is 5.69 Å². The zero-order valence-corrected chi connectivity index (χ0v) is 13.3. The molecule has 25 heavy (non-hydrogen) atoms. The van der Waals surface area contributed by atoms with Gasteiger partial charge in [0.15, 0.2) is 0 Å². The SMILES string of the molecule is O=C(Nc1ccc(F)c(Cl)c1)c1ccc(-n2ccnc2)c([N+](=O)[O-])c1. The summed E-state index contributed by atoms with van der Waals surface area (Å²) in [5.74, 6) is -1.19. The van der Waals surface area contributed by atoms with Gasteiger partial charge in [0.25, 0.3) is 11.6 Å². The lowest BCUT2D eigenvalue weighted by atomic mass is 10.1. The second-order valence-electron chi connectivity index (χ2n) is 5.01. The molecule has 7 nitrogen and oxygen atoms in total. The van der Waals surface area contributed by atoms with Crippen molar-refractivity contribution in [2.24, 2.45) is 0 Å². The van der Waals surface area contributed by atoms with E-state index in [-0.39, 0.29) is 27.6 Å². The molecule has 0 radical (unpaired) electrons. The Balaban J connectivity index is 1.91. The molecule has 0 bridgehead atoms. The topological polar surface area (TPSA) is 90.1 Å². The minimum absolute atomic E-state index is 0.0796. The van der Waals surface area contributed by atoms with Gasteiger partial charge in [-0.05, 0) is 30.3 Å². The maximum Gasteiger partial charge on any atom is 0.294 e. The number of nitrogens with zero attached hydrogens (tertiary/aromatic N) is 3. The zero-order chi connectivity index (χ0) is 18.0. The molecule has 0 unspecified atom stereocenters. The summed E-state index contributed by atoms with van der Waals surface area (Å²) in [5, 5.41) is 13.7. The minimum Gasteiger partial charge on any atom is -0.322 e. The van der Waals surface area contributed by atoms with Crippen LogP contribution in [0.2, 0.25) is 5.02 Å². The van der Waals surface area contributed by atoms with Crippen LogP contribution < -0.4 is 5.32 Å². The van der Waals surface area contributed by atoms with Crippen LogP contribution in [0.25, 0.3) is 5.69 Å². The summed E-state index contributed by atoms with van der Waals surface area (Å²) in [7, 11) is 0. The van der Waals surface area contributed by atoms with Crippen LogP contribution in [0.4, 0.5) is 15.8 Å². The predicted molar refractivity (Wildman–Crippen MR) is 89.6 cm³/mol. The molecule has 0 atom stereocenters. The summed E-state index contributed by atoms with van der Waals surface area (Å²) in [6, 6.07) is 7.77. The lowest BCUT2D eigenvalue weighted by Crippen LogP contribution is -2.13. The summed E-state index contributed by atoms with van der Waals surface area (Å²) in [6.07, 6.45) is 4.47. The molecule has 3 aromatic rings. The van der Waals surface area contributed by atoms with Crippen molar-refractivity contribution in [1.82, 2.24) is 9.55 Å². The van der Waals surface area contributed by atoms with Crippen molar-refractivity contribution in [2.45, 2.75) is 0 Å². The average Bonchev–Trinajstić information content (AvgIpc) is 3.12. The smallest absolute Gasteiger partial charge is 0.294 e. The fraction of sp³-hybridized carbons (Fsp3) is 0. The number of carbonyl (C=O) groups is 1. The Kier molecular flexibility index (Phi) is 4.44. The molecule has 0 spiro atoms. The molecule has 0 aliphatic rings. The summed E-state index contributed by atoms with van der Waals surface area (Å²) in [6.45, 7) is 0. The number of benzene rings is 2. The molecule has 0 aliphatic carbocycles.